The van der Waals surface area contributed by atoms with E-state index >= 15 is 0 Å². The summed E-state index contributed by atoms with van der Waals surface area (Å²) >= 11 is 0. The van der Waals surface area contributed by atoms with Crippen LogP contribution >= 0.6 is 0 Å². The van der Waals surface area contributed by atoms with Crippen LogP contribution in [0.4, 0.5) is 0 Å². The Morgan fingerprint density at radius 2 is 2.07 bits per heavy atom. The summed E-state index contributed by atoms with van der Waals surface area (Å²) in [6, 6.07) is 0.462. The third-order valence-corrected chi connectivity index (χ3v) is 2.98. The second-order valence-electron chi connectivity index (χ2n) is 4.80. The fourth-order valence-electron chi connectivity index (χ4n) is 1.86. The summed E-state index contributed by atoms with van der Waals surface area (Å²) in [5.74, 6) is 6.33. The molecule has 1 fully saturated rings. The second-order valence-corrected chi connectivity index (χ2v) is 4.80. The predicted molar refractivity (Wildman–Crippen MR) is 62.7 cm³/mol. The molecule has 0 heterocycles. The van der Waals surface area contributed by atoms with E-state index in [4.69, 9.17) is 10.6 Å². The van der Waals surface area contributed by atoms with Crippen molar-refractivity contribution >= 4 is 5.84 Å². The van der Waals surface area contributed by atoms with Gasteiger partial charge in [0, 0.05) is 13.5 Å². The Morgan fingerprint density at radius 3 is 2.53 bits per heavy atom. The Bertz CT molecular complexity index is 220. The van der Waals surface area contributed by atoms with Crippen LogP contribution in [0, 0.1) is 0 Å². The highest BCUT2D eigenvalue weighted by atomic mass is 16.5. The van der Waals surface area contributed by atoms with Crippen molar-refractivity contribution in [3.05, 3.63) is 0 Å². The Morgan fingerprint density at radius 1 is 1.47 bits per heavy atom. The topological polar surface area (TPSA) is 59.6 Å². The molecule has 4 nitrogen and oxygen atoms in total. The molecule has 1 rings (SSSR count). The van der Waals surface area contributed by atoms with E-state index in [2.05, 4.69) is 10.4 Å². The molecular weight excluding hydrogens is 190 g/mol. The Labute approximate surface area is 92.3 Å². The molecule has 0 bridgehead atoms. The van der Waals surface area contributed by atoms with Crippen LogP contribution in [0.25, 0.3) is 0 Å². The molecule has 15 heavy (non-hydrogen) atoms. The van der Waals surface area contributed by atoms with E-state index in [1.807, 2.05) is 13.8 Å². The van der Waals surface area contributed by atoms with Gasteiger partial charge in [0.2, 0.25) is 0 Å². The zero-order valence-electron chi connectivity index (χ0n) is 10.0. The molecule has 88 valence electrons. The van der Waals surface area contributed by atoms with E-state index < -0.39 is 0 Å². The lowest BCUT2D eigenvalue weighted by atomic mass is 10.0. The second kappa shape index (κ2) is 5.47. The largest absolute Gasteiger partial charge is 0.378 e. The molecule has 4 heteroatoms. The minimum Gasteiger partial charge on any atom is -0.378 e. The lowest BCUT2D eigenvalue weighted by molar-refractivity contribution is 0.0285. The van der Waals surface area contributed by atoms with Gasteiger partial charge in [0.05, 0.1) is 11.6 Å². The summed E-state index contributed by atoms with van der Waals surface area (Å²) in [7, 11) is 1.71. The molecule has 0 aromatic carbocycles. The zero-order chi connectivity index (χ0) is 11.3. The van der Waals surface area contributed by atoms with Crippen LogP contribution in [0.15, 0.2) is 4.99 Å². The number of methoxy groups -OCH3 is 1. The minimum atomic E-state index is -0.205. The van der Waals surface area contributed by atoms with Crippen LogP contribution in [0.5, 0.6) is 0 Å². The first kappa shape index (κ1) is 12.5. The molecule has 0 spiro atoms. The third kappa shape index (κ3) is 4.18. The first-order valence-electron chi connectivity index (χ1n) is 5.66. The van der Waals surface area contributed by atoms with Crippen molar-refractivity contribution in [2.45, 2.75) is 57.6 Å². The molecule has 0 saturated heterocycles. The fourth-order valence-corrected chi connectivity index (χ4v) is 1.86. The molecule has 0 radical (unpaired) electrons. The van der Waals surface area contributed by atoms with Gasteiger partial charge in [-0.1, -0.05) is 12.8 Å². The maximum atomic E-state index is 5.48. The van der Waals surface area contributed by atoms with Crippen molar-refractivity contribution in [3.8, 4) is 0 Å². The Hall–Kier alpha value is -0.610. The summed E-state index contributed by atoms with van der Waals surface area (Å²) in [6.45, 7) is 4.07. The quantitative estimate of drug-likeness (QED) is 0.323. The van der Waals surface area contributed by atoms with Crippen LogP contribution in [0.2, 0.25) is 0 Å². The van der Waals surface area contributed by atoms with E-state index in [1.165, 1.54) is 25.7 Å². The molecule has 0 amide bonds. The molecule has 0 unspecified atom stereocenters. The summed E-state index contributed by atoms with van der Waals surface area (Å²) < 4.78 is 5.36. The number of amidine groups is 1. The number of aliphatic imine (C=N–C) groups is 1. The van der Waals surface area contributed by atoms with Gasteiger partial charge in [-0.05, 0) is 26.7 Å². The highest BCUT2D eigenvalue weighted by molar-refractivity contribution is 5.82. The first-order valence-corrected chi connectivity index (χ1v) is 5.66. The number of hydrazine groups is 1. The van der Waals surface area contributed by atoms with E-state index in [-0.39, 0.29) is 5.60 Å². The molecule has 1 aliphatic carbocycles. The van der Waals surface area contributed by atoms with Crippen LogP contribution < -0.4 is 11.3 Å². The van der Waals surface area contributed by atoms with Crippen LogP contribution in [0.3, 0.4) is 0 Å². The molecule has 0 aliphatic heterocycles. The third-order valence-electron chi connectivity index (χ3n) is 2.98. The smallest absolute Gasteiger partial charge is 0.113 e. The Balaban J connectivity index is 2.54. The van der Waals surface area contributed by atoms with Crippen molar-refractivity contribution in [2.24, 2.45) is 10.8 Å². The lowest BCUT2D eigenvalue weighted by Crippen LogP contribution is -2.38. The molecule has 1 saturated carbocycles. The molecule has 0 atom stereocenters. The summed E-state index contributed by atoms with van der Waals surface area (Å²) in [5.41, 5.74) is 2.48. The number of rotatable bonds is 4. The van der Waals surface area contributed by atoms with Gasteiger partial charge in [-0.3, -0.25) is 4.99 Å². The molecule has 0 aromatic rings. The Kier molecular flexibility index (Phi) is 4.54. The van der Waals surface area contributed by atoms with Crippen molar-refractivity contribution < 1.29 is 4.74 Å². The van der Waals surface area contributed by atoms with Crippen LogP contribution in [-0.4, -0.2) is 24.6 Å². The van der Waals surface area contributed by atoms with Crippen LogP contribution in [0.1, 0.15) is 46.0 Å². The standard InChI is InChI=1S/C11H23N3O/c1-11(2,15-3)8-10(14-12)13-9-6-4-5-7-9/h9H,4-8,12H2,1-3H3,(H,13,14). The number of nitrogens with two attached hydrogens (primary N) is 1. The van der Waals surface area contributed by atoms with Gasteiger partial charge in [0.15, 0.2) is 0 Å². The van der Waals surface area contributed by atoms with Gasteiger partial charge in [-0.25, -0.2) is 5.84 Å². The number of hydrogen-bond acceptors (Lipinski definition) is 3. The maximum absolute atomic E-state index is 5.48. The number of nitrogens with one attached hydrogen (secondary N) is 1. The average Bonchev–Trinajstić information content (AvgIpc) is 2.69. The summed E-state index contributed by atoms with van der Waals surface area (Å²) in [6.07, 6.45) is 5.70. The van der Waals surface area contributed by atoms with Gasteiger partial charge in [-0.15, -0.1) is 0 Å². The van der Waals surface area contributed by atoms with Gasteiger partial charge in [0.1, 0.15) is 5.84 Å². The average molecular weight is 213 g/mol. The normalized spacial score (nSPS) is 19.6. The van der Waals surface area contributed by atoms with Crippen molar-refractivity contribution in [3.63, 3.8) is 0 Å². The van der Waals surface area contributed by atoms with Crippen molar-refractivity contribution in [2.75, 3.05) is 7.11 Å². The summed E-state index contributed by atoms with van der Waals surface area (Å²) in [5, 5.41) is 0. The monoisotopic (exact) mass is 213 g/mol. The van der Waals surface area contributed by atoms with Gasteiger partial charge < -0.3 is 10.2 Å². The van der Waals surface area contributed by atoms with Gasteiger partial charge in [0.25, 0.3) is 0 Å². The highest BCUT2D eigenvalue weighted by Gasteiger charge is 2.21. The fraction of sp³-hybridized carbons (Fsp3) is 0.909. The molecule has 0 aromatic heterocycles. The van der Waals surface area contributed by atoms with Crippen molar-refractivity contribution in [1.82, 2.24) is 5.43 Å². The number of nitrogens with zero attached hydrogens (tertiary/aromatic N) is 1. The highest BCUT2D eigenvalue weighted by Crippen LogP contribution is 2.22. The van der Waals surface area contributed by atoms with Gasteiger partial charge >= 0.3 is 0 Å². The van der Waals surface area contributed by atoms with E-state index in [0.717, 1.165) is 12.3 Å². The number of ether oxygens (including phenoxy) is 1. The zero-order valence-corrected chi connectivity index (χ0v) is 10.0. The van der Waals surface area contributed by atoms with E-state index in [1.54, 1.807) is 7.11 Å². The predicted octanol–water partition coefficient (Wildman–Crippen LogP) is 1.61. The van der Waals surface area contributed by atoms with Crippen LogP contribution in [-0.2, 0) is 4.74 Å². The van der Waals surface area contributed by atoms with E-state index in [9.17, 15) is 0 Å². The molecule has 1 aliphatic rings. The van der Waals surface area contributed by atoms with E-state index in [0.29, 0.717) is 6.04 Å². The molecule has 3 N–H and O–H groups in total. The summed E-state index contributed by atoms with van der Waals surface area (Å²) in [4.78, 5) is 4.63. The number of hydrogen-bond donors (Lipinski definition) is 2. The van der Waals surface area contributed by atoms with Crippen molar-refractivity contribution in [1.29, 1.82) is 0 Å². The molecular formula is C11H23N3O. The SMILES string of the molecule is COC(C)(C)CC(=NC1CCCC1)NN. The first-order chi connectivity index (χ1) is 7.07. The minimum absolute atomic E-state index is 0.205. The lowest BCUT2D eigenvalue weighted by Gasteiger charge is -2.23. The maximum Gasteiger partial charge on any atom is 0.113 e. The van der Waals surface area contributed by atoms with Gasteiger partial charge in [-0.2, -0.15) is 0 Å².